The summed E-state index contributed by atoms with van der Waals surface area (Å²) in [5, 5.41) is 15.4. The van der Waals surface area contributed by atoms with Crippen molar-refractivity contribution in [2.24, 2.45) is 0 Å². The Morgan fingerprint density at radius 1 is 1.02 bits per heavy atom. The van der Waals surface area contributed by atoms with Crippen LogP contribution < -0.4 is 4.74 Å². The second-order valence-electron chi connectivity index (χ2n) is 11.7. The van der Waals surface area contributed by atoms with Crippen molar-refractivity contribution in [2.75, 3.05) is 26.8 Å². The molecule has 10 heteroatoms. The van der Waals surface area contributed by atoms with Gasteiger partial charge in [0.2, 0.25) is 5.88 Å². The molecule has 0 spiro atoms. The zero-order valence-corrected chi connectivity index (χ0v) is 27.8. The number of pyridine rings is 1. The smallest absolute Gasteiger partial charge is 0.275 e. The fraction of sp³-hybridized carbons (Fsp3) is 0.389. The molecule has 242 valence electrons. The minimum atomic E-state index is -0.397. The summed E-state index contributed by atoms with van der Waals surface area (Å²) in [7, 11) is 1.56. The van der Waals surface area contributed by atoms with Crippen molar-refractivity contribution in [3.63, 3.8) is 0 Å². The van der Waals surface area contributed by atoms with Gasteiger partial charge in [0.1, 0.15) is 0 Å². The van der Waals surface area contributed by atoms with Crippen molar-refractivity contribution < 1.29 is 19.4 Å². The highest BCUT2D eigenvalue weighted by Crippen LogP contribution is 2.32. The standard InChI is InChI=1S/C36H42ClN5O4/c1-5-7-17-40(18-8-6-2)36(45)34-33(37)24(3)42(39-34)31-15-13-26(27-14-16-32(46-4)38-21-27)20-30(31)35(44)41-22-28-12-10-9-11-25(28)19-29(41)23-43/h9-16,20-21,29,43H,5-8,17-19,22-23H2,1-4H3. The molecule has 0 bridgehead atoms. The van der Waals surface area contributed by atoms with Crippen molar-refractivity contribution in [1.29, 1.82) is 0 Å². The van der Waals surface area contributed by atoms with Gasteiger partial charge in [-0.3, -0.25) is 9.59 Å². The summed E-state index contributed by atoms with van der Waals surface area (Å²) in [6.45, 7) is 7.45. The molecule has 1 N–H and O–H groups in total. The van der Waals surface area contributed by atoms with E-state index in [0.717, 1.165) is 47.9 Å². The van der Waals surface area contributed by atoms with E-state index in [1.807, 2.05) is 53.4 Å². The van der Waals surface area contributed by atoms with Crippen molar-refractivity contribution in [3.05, 3.63) is 93.9 Å². The van der Waals surface area contributed by atoms with Crippen LogP contribution in [0.3, 0.4) is 0 Å². The number of hydrogen-bond acceptors (Lipinski definition) is 6. The first-order valence-corrected chi connectivity index (χ1v) is 16.4. The van der Waals surface area contributed by atoms with Gasteiger partial charge in [-0.25, -0.2) is 9.67 Å². The van der Waals surface area contributed by atoms with Crippen LogP contribution in [0, 0.1) is 6.92 Å². The first kappa shape index (κ1) is 33.2. The summed E-state index contributed by atoms with van der Waals surface area (Å²) in [4.78, 5) is 36.2. The number of nitrogens with zero attached hydrogens (tertiary/aromatic N) is 5. The molecule has 0 aliphatic carbocycles. The summed E-state index contributed by atoms with van der Waals surface area (Å²) < 4.78 is 6.83. The predicted octanol–water partition coefficient (Wildman–Crippen LogP) is 6.51. The first-order chi connectivity index (χ1) is 22.3. The summed E-state index contributed by atoms with van der Waals surface area (Å²) in [5.74, 6) is 0.0224. The highest BCUT2D eigenvalue weighted by Gasteiger charge is 2.33. The Balaban J connectivity index is 1.60. The van der Waals surface area contributed by atoms with E-state index in [1.54, 1.807) is 35.9 Å². The van der Waals surface area contributed by atoms with Crippen molar-refractivity contribution >= 4 is 23.4 Å². The van der Waals surface area contributed by atoms with Crippen LogP contribution in [0.4, 0.5) is 0 Å². The summed E-state index contributed by atoms with van der Waals surface area (Å²) in [5.41, 5.74) is 5.36. The lowest BCUT2D eigenvalue weighted by molar-refractivity contribution is 0.0544. The van der Waals surface area contributed by atoms with Crippen LogP contribution in [0.25, 0.3) is 16.8 Å². The average molecular weight is 644 g/mol. The molecule has 0 radical (unpaired) electrons. The van der Waals surface area contributed by atoms with Gasteiger partial charge in [0, 0.05) is 37.5 Å². The Bertz CT molecular complexity index is 1680. The van der Waals surface area contributed by atoms with Crippen LogP contribution in [-0.2, 0) is 13.0 Å². The van der Waals surface area contributed by atoms with Gasteiger partial charge in [-0.05, 0) is 61.1 Å². The second kappa shape index (κ2) is 14.9. The van der Waals surface area contributed by atoms with E-state index in [0.29, 0.717) is 48.9 Å². The maximum Gasteiger partial charge on any atom is 0.275 e. The van der Waals surface area contributed by atoms with Gasteiger partial charge >= 0.3 is 0 Å². The normalized spacial score (nSPS) is 14.2. The Morgan fingerprint density at radius 2 is 1.72 bits per heavy atom. The van der Waals surface area contributed by atoms with Crippen LogP contribution in [0.2, 0.25) is 5.02 Å². The molecule has 0 saturated carbocycles. The number of unbranched alkanes of at least 4 members (excludes halogenated alkanes) is 2. The number of aliphatic hydroxyl groups is 1. The van der Waals surface area contributed by atoms with E-state index in [9.17, 15) is 14.7 Å². The Morgan fingerprint density at radius 3 is 2.35 bits per heavy atom. The molecule has 4 aromatic rings. The molecule has 1 aliphatic rings. The molecule has 0 saturated heterocycles. The van der Waals surface area contributed by atoms with Crippen molar-refractivity contribution in [2.45, 2.75) is 65.5 Å². The number of amides is 2. The zero-order valence-electron chi connectivity index (χ0n) is 27.0. The number of aliphatic hydroxyl groups excluding tert-OH is 1. The minimum Gasteiger partial charge on any atom is -0.481 e. The number of carbonyl (C=O) groups is 2. The third-order valence-corrected chi connectivity index (χ3v) is 9.11. The van der Waals surface area contributed by atoms with Gasteiger partial charge in [-0.2, -0.15) is 5.10 Å². The highest BCUT2D eigenvalue weighted by molar-refractivity contribution is 6.34. The lowest BCUT2D eigenvalue weighted by Gasteiger charge is -2.36. The van der Waals surface area contributed by atoms with Crippen LogP contribution in [0.15, 0.2) is 60.8 Å². The molecule has 2 aromatic heterocycles. The van der Waals surface area contributed by atoms with E-state index in [-0.39, 0.29) is 29.1 Å². The molecule has 0 fully saturated rings. The van der Waals surface area contributed by atoms with Crippen LogP contribution in [-0.4, -0.2) is 74.3 Å². The molecule has 46 heavy (non-hydrogen) atoms. The largest absolute Gasteiger partial charge is 0.481 e. The Hall–Kier alpha value is -4.21. The molecule has 2 amide bonds. The fourth-order valence-electron chi connectivity index (χ4n) is 5.90. The van der Waals surface area contributed by atoms with Gasteiger partial charge in [0.25, 0.3) is 11.8 Å². The van der Waals surface area contributed by atoms with Gasteiger partial charge < -0.3 is 19.6 Å². The molecule has 2 aromatic carbocycles. The maximum absolute atomic E-state index is 14.6. The zero-order chi connectivity index (χ0) is 32.8. The summed E-state index contributed by atoms with van der Waals surface area (Å²) in [6, 6.07) is 16.8. The number of carbonyl (C=O) groups excluding carboxylic acids is 2. The van der Waals surface area contributed by atoms with Crippen LogP contribution in [0.1, 0.15) is 77.2 Å². The van der Waals surface area contributed by atoms with Crippen LogP contribution in [0.5, 0.6) is 5.88 Å². The minimum absolute atomic E-state index is 0.172. The molecule has 3 heterocycles. The predicted molar refractivity (Wildman–Crippen MR) is 180 cm³/mol. The van der Waals surface area contributed by atoms with E-state index in [2.05, 4.69) is 18.8 Å². The van der Waals surface area contributed by atoms with E-state index in [1.165, 1.54) is 0 Å². The van der Waals surface area contributed by atoms with E-state index in [4.69, 9.17) is 21.4 Å². The quantitative estimate of drug-likeness (QED) is 0.189. The monoisotopic (exact) mass is 643 g/mol. The van der Waals surface area contributed by atoms with Gasteiger partial charge in [-0.15, -0.1) is 0 Å². The fourth-order valence-corrected chi connectivity index (χ4v) is 6.10. The van der Waals surface area contributed by atoms with E-state index >= 15 is 0 Å². The van der Waals surface area contributed by atoms with Crippen molar-refractivity contribution in [1.82, 2.24) is 24.6 Å². The highest BCUT2D eigenvalue weighted by atomic mass is 35.5. The number of halogens is 1. The molecule has 1 unspecified atom stereocenters. The van der Waals surface area contributed by atoms with Gasteiger partial charge in [-0.1, -0.05) is 68.6 Å². The third kappa shape index (κ3) is 6.81. The summed E-state index contributed by atoms with van der Waals surface area (Å²) >= 11 is 6.83. The number of aromatic nitrogens is 3. The number of benzene rings is 2. The SMILES string of the molecule is CCCCN(CCCC)C(=O)c1nn(-c2ccc(-c3ccc(OC)nc3)cc2C(=O)N2Cc3ccccc3CC2CO)c(C)c1Cl. The molecular formula is C36H42ClN5O4. The molecule has 5 rings (SSSR count). The third-order valence-electron chi connectivity index (χ3n) is 8.66. The Labute approximate surface area is 275 Å². The number of hydrogen-bond donors (Lipinski definition) is 1. The number of fused-ring (bicyclic) bond motifs is 1. The van der Waals surface area contributed by atoms with Crippen LogP contribution >= 0.6 is 11.6 Å². The summed E-state index contributed by atoms with van der Waals surface area (Å²) in [6.07, 6.45) is 5.95. The molecule has 1 atom stereocenters. The topological polar surface area (TPSA) is 101 Å². The molecule has 1 aliphatic heterocycles. The lowest BCUT2D eigenvalue weighted by atomic mass is 9.93. The number of ether oxygens (including phenoxy) is 1. The van der Waals surface area contributed by atoms with Gasteiger partial charge in [0.15, 0.2) is 5.69 Å². The molecule has 9 nitrogen and oxygen atoms in total. The average Bonchev–Trinajstić information content (AvgIpc) is 3.39. The van der Waals surface area contributed by atoms with Crippen molar-refractivity contribution in [3.8, 4) is 22.7 Å². The lowest BCUT2D eigenvalue weighted by Crippen LogP contribution is -2.46. The maximum atomic E-state index is 14.6. The Kier molecular flexibility index (Phi) is 10.8. The number of methoxy groups -OCH3 is 1. The van der Waals surface area contributed by atoms with Gasteiger partial charge in [0.05, 0.1) is 41.7 Å². The number of rotatable bonds is 12. The second-order valence-corrected chi connectivity index (χ2v) is 12.1. The van der Waals surface area contributed by atoms with E-state index < -0.39 is 6.04 Å². The molecular weight excluding hydrogens is 602 g/mol. The first-order valence-electron chi connectivity index (χ1n) is 16.0.